The number of piperidine rings is 1. The second-order valence-electron chi connectivity index (χ2n) is 10.3. The van der Waals surface area contributed by atoms with E-state index in [1.165, 1.54) is 12.8 Å². The van der Waals surface area contributed by atoms with Crippen molar-refractivity contribution in [3.63, 3.8) is 0 Å². The molecule has 3 N–H and O–H groups in total. The van der Waals surface area contributed by atoms with Gasteiger partial charge in [0.15, 0.2) is 0 Å². The van der Waals surface area contributed by atoms with Crippen molar-refractivity contribution in [3.8, 4) is 22.6 Å². The van der Waals surface area contributed by atoms with E-state index >= 15 is 0 Å². The van der Waals surface area contributed by atoms with Crippen LogP contribution in [0, 0.1) is 18.8 Å². The van der Waals surface area contributed by atoms with Gasteiger partial charge in [-0.05, 0) is 87.9 Å². The van der Waals surface area contributed by atoms with Gasteiger partial charge in [-0.1, -0.05) is 12.1 Å². The molecule has 6 rings (SSSR count). The zero-order chi connectivity index (χ0) is 24.3. The van der Waals surface area contributed by atoms with Crippen LogP contribution in [0.3, 0.4) is 0 Å². The standard InChI is InChI=1S/C29H34N6O/c1-19-3-2-4-27(35-19)29-28(33-18-34-29)22-5-6-26-23(13-22)14-24(16-32-26)31-15-20-11-21(12-20)17-36-25-7-9-30-10-8-25/h2-6,13-14,16,18,20-21,25,30-31H,7-12,15,17H2,1H3,(H,33,34). The number of fused-ring (bicyclic) bond motifs is 1. The Balaban J connectivity index is 1.08. The summed E-state index contributed by atoms with van der Waals surface area (Å²) in [6.45, 7) is 6.10. The molecule has 4 aromatic rings. The van der Waals surface area contributed by atoms with E-state index in [0.29, 0.717) is 12.0 Å². The fraction of sp³-hybridized carbons (Fsp3) is 0.414. The lowest BCUT2D eigenvalue weighted by atomic mass is 9.75. The van der Waals surface area contributed by atoms with Crippen molar-refractivity contribution < 1.29 is 4.74 Å². The van der Waals surface area contributed by atoms with Gasteiger partial charge < -0.3 is 20.4 Å². The fourth-order valence-electron chi connectivity index (χ4n) is 5.44. The summed E-state index contributed by atoms with van der Waals surface area (Å²) in [5.41, 5.74) is 6.82. The summed E-state index contributed by atoms with van der Waals surface area (Å²) in [6, 6.07) is 14.5. The van der Waals surface area contributed by atoms with Gasteiger partial charge in [-0.15, -0.1) is 0 Å². The number of hydrogen-bond acceptors (Lipinski definition) is 6. The number of aryl methyl sites for hydroxylation is 1. The van der Waals surface area contributed by atoms with E-state index in [0.717, 1.165) is 89.9 Å². The molecule has 36 heavy (non-hydrogen) atoms. The molecule has 0 unspecified atom stereocenters. The highest BCUT2D eigenvalue weighted by molar-refractivity contribution is 5.88. The molecule has 1 aliphatic carbocycles. The average molecular weight is 483 g/mol. The molecule has 0 radical (unpaired) electrons. The maximum atomic E-state index is 6.15. The Labute approximate surface area is 212 Å². The number of hydrogen-bond donors (Lipinski definition) is 3. The van der Waals surface area contributed by atoms with Crippen molar-refractivity contribution in [2.24, 2.45) is 11.8 Å². The maximum Gasteiger partial charge on any atom is 0.0977 e. The summed E-state index contributed by atoms with van der Waals surface area (Å²) in [7, 11) is 0. The van der Waals surface area contributed by atoms with Crippen LogP contribution in [0.5, 0.6) is 0 Å². The first-order valence-corrected chi connectivity index (χ1v) is 13.1. The van der Waals surface area contributed by atoms with Gasteiger partial charge in [-0.3, -0.25) is 9.97 Å². The molecule has 0 amide bonds. The van der Waals surface area contributed by atoms with Crippen molar-refractivity contribution in [2.45, 2.75) is 38.7 Å². The normalized spacial score (nSPS) is 20.4. The van der Waals surface area contributed by atoms with Gasteiger partial charge in [0.25, 0.3) is 0 Å². The molecule has 2 aliphatic rings. The maximum absolute atomic E-state index is 6.15. The number of rotatable bonds is 8. The summed E-state index contributed by atoms with van der Waals surface area (Å²) in [5, 5.41) is 8.12. The van der Waals surface area contributed by atoms with Crippen molar-refractivity contribution >= 4 is 16.6 Å². The van der Waals surface area contributed by atoms with E-state index in [1.54, 1.807) is 6.33 Å². The molecule has 0 atom stereocenters. The number of benzene rings is 1. The molecule has 0 bridgehead atoms. The topological polar surface area (TPSA) is 87.8 Å². The number of aromatic nitrogens is 4. The Morgan fingerprint density at radius 3 is 2.78 bits per heavy atom. The van der Waals surface area contributed by atoms with E-state index in [1.807, 2.05) is 31.3 Å². The van der Waals surface area contributed by atoms with Gasteiger partial charge in [0, 0.05) is 29.8 Å². The van der Waals surface area contributed by atoms with Gasteiger partial charge in [0.05, 0.1) is 46.9 Å². The minimum atomic E-state index is 0.461. The Bertz CT molecular complexity index is 1320. The smallest absolute Gasteiger partial charge is 0.0977 e. The third kappa shape index (κ3) is 5.13. The number of imidazole rings is 1. The number of ether oxygens (including phenoxy) is 1. The van der Waals surface area contributed by atoms with Gasteiger partial charge in [-0.2, -0.15) is 0 Å². The van der Waals surface area contributed by atoms with E-state index in [9.17, 15) is 0 Å². The van der Waals surface area contributed by atoms with Gasteiger partial charge in [0.1, 0.15) is 0 Å². The Hall–Kier alpha value is -3.29. The summed E-state index contributed by atoms with van der Waals surface area (Å²) >= 11 is 0. The van der Waals surface area contributed by atoms with Gasteiger partial charge in [-0.25, -0.2) is 4.98 Å². The molecule has 3 aromatic heterocycles. The molecule has 7 nitrogen and oxygen atoms in total. The van der Waals surface area contributed by atoms with Crippen LogP contribution in [0.15, 0.2) is 55.0 Å². The molecule has 7 heteroatoms. The monoisotopic (exact) mass is 482 g/mol. The van der Waals surface area contributed by atoms with E-state index in [4.69, 9.17) is 4.74 Å². The number of anilines is 1. The lowest BCUT2D eigenvalue weighted by Crippen LogP contribution is -2.36. The average Bonchev–Trinajstić information content (AvgIpc) is 3.38. The van der Waals surface area contributed by atoms with Crippen molar-refractivity contribution in [3.05, 3.63) is 60.7 Å². The largest absolute Gasteiger partial charge is 0.384 e. The molecule has 1 saturated carbocycles. The molecule has 2 fully saturated rings. The van der Waals surface area contributed by atoms with E-state index in [-0.39, 0.29) is 0 Å². The van der Waals surface area contributed by atoms with Crippen molar-refractivity contribution in [2.75, 3.05) is 31.6 Å². The minimum Gasteiger partial charge on any atom is -0.384 e. The summed E-state index contributed by atoms with van der Waals surface area (Å²) in [6.07, 6.45) is 8.93. The van der Waals surface area contributed by atoms with E-state index < -0.39 is 0 Å². The quantitative estimate of drug-likeness (QED) is 0.320. The fourth-order valence-corrected chi connectivity index (χ4v) is 5.44. The molecule has 186 valence electrons. The number of nitrogens with one attached hydrogen (secondary N) is 3. The van der Waals surface area contributed by atoms with Crippen LogP contribution in [0.2, 0.25) is 0 Å². The number of nitrogens with zero attached hydrogens (tertiary/aromatic N) is 3. The predicted octanol–water partition coefficient (Wildman–Crippen LogP) is 5.20. The minimum absolute atomic E-state index is 0.461. The lowest BCUT2D eigenvalue weighted by molar-refractivity contribution is -0.0158. The molecule has 1 saturated heterocycles. The Kier molecular flexibility index (Phi) is 6.66. The summed E-state index contributed by atoms with van der Waals surface area (Å²) in [5.74, 6) is 1.43. The molecule has 1 aliphatic heterocycles. The highest BCUT2D eigenvalue weighted by Gasteiger charge is 2.30. The third-order valence-electron chi connectivity index (χ3n) is 7.52. The van der Waals surface area contributed by atoms with Crippen LogP contribution in [0.1, 0.15) is 31.4 Å². The van der Waals surface area contributed by atoms with Crippen LogP contribution in [0.25, 0.3) is 33.5 Å². The van der Waals surface area contributed by atoms with Crippen molar-refractivity contribution in [1.29, 1.82) is 0 Å². The Morgan fingerprint density at radius 2 is 1.92 bits per heavy atom. The zero-order valence-corrected chi connectivity index (χ0v) is 20.8. The second-order valence-corrected chi connectivity index (χ2v) is 10.3. The summed E-state index contributed by atoms with van der Waals surface area (Å²) in [4.78, 5) is 17.2. The summed E-state index contributed by atoms with van der Waals surface area (Å²) < 4.78 is 6.15. The van der Waals surface area contributed by atoms with Crippen LogP contribution >= 0.6 is 0 Å². The van der Waals surface area contributed by atoms with Crippen LogP contribution < -0.4 is 10.6 Å². The number of aromatic amines is 1. The van der Waals surface area contributed by atoms with Gasteiger partial charge in [0.2, 0.25) is 0 Å². The molecule has 0 spiro atoms. The lowest BCUT2D eigenvalue weighted by Gasteiger charge is -2.36. The van der Waals surface area contributed by atoms with Crippen LogP contribution in [0.4, 0.5) is 5.69 Å². The third-order valence-corrected chi connectivity index (χ3v) is 7.52. The highest BCUT2D eigenvalue weighted by Crippen LogP contribution is 2.35. The highest BCUT2D eigenvalue weighted by atomic mass is 16.5. The van der Waals surface area contributed by atoms with Crippen molar-refractivity contribution in [1.82, 2.24) is 25.3 Å². The molecule has 1 aromatic carbocycles. The number of H-pyrrole nitrogens is 1. The molecular weight excluding hydrogens is 448 g/mol. The van der Waals surface area contributed by atoms with Gasteiger partial charge >= 0.3 is 0 Å². The first-order chi connectivity index (χ1) is 17.7. The molecule has 4 heterocycles. The van der Waals surface area contributed by atoms with Crippen LogP contribution in [-0.4, -0.2) is 52.3 Å². The first kappa shape index (κ1) is 23.1. The molecular formula is C29H34N6O. The predicted molar refractivity (Wildman–Crippen MR) is 144 cm³/mol. The SMILES string of the molecule is Cc1cccc(-c2[nH]cnc2-c2ccc3ncc(NCC4CC(COC5CCNCC5)C4)cc3c2)n1. The zero-order valence-electron chi connectivity index (χ0n) is 20.8. The number of pyridine rings is 2. The van der Waals surface area contributed by atoms with Crippen LogP contribution in [-0.2, 0) is 4.74 Å². The first-order valence-electron chi connectivity index (χ1n) is 13.1. The van der Waals surface area contributed by atoms with E-state index in [2.05, 4.69) is 54.8 Å². The Morgan fingerprint density at radius 1 is 1.03 bits per heavy atom. The second kappa shape index (κ2) is 10.4.